The third-order valence-corrected chi connectivity index (χ3v) is 3.16. The van der Waals surface area contributed by atoms with Crippen LogP contribution in [0, 0.1) is 5.92 Å². The van der Waals surface area contributed by atoms with Crippen LogP contribution in [0.5, 0.6) is 5.75 Å². The van der Waals surface area contributed by atoms with Gasteiger partial charge in [0.1, 0.15) is 5.75 Å². The van der Waals surface area contributed by atoms with Crippen LogP contribution < -0.4 is 5.32 Å². The van der Waals surface area contributed by atoms with E-state index in [1.54, 1.807) is 12.1 Å². The first kappa shape index (κ1) is 11.2. The second-order valence-corrected chi connectivity index (χ2v) is 4.35. The average Bonchev–Trinajstić information content (AvgIpc) is 2.71. The zero-order chi connectivity index (χ0) is 11.7. The van der Waals surface area contributed by atoms with Gasteiger partial charge in [0, 0.05) is 12.6 Å². The normalized spacial score (nSPS) is 24.6. The van der Waals surface area contributed by atoms with E-state index in [1.807, 2.05) is 0 Å². The van der Waals surface area contributed by atoms with Crippen molar-refractivity contribution >= 4 is 17.6 Å². The number of phenols is 1. The Hall–Kier alpha value is -1.26. The zero-order valence-electron chi connectivity index (χ0n) is 8.48. The summed E-state index contributed by atoms with van der Waals surface area (Å²) >= 11 is 5.80. The summed E-state index contributed by atoms with van der Waals surface area (Å²) in [6, 6.07) is 4.94. The van der Waals surface area contributed by atoms with Crippen molar-refractivity contribution in [1.82, 2.24) is 5.32 Å². The molecule has 0 amide bonds. The lowest BCUT2D eigenvalue weighted by atomic mass is 10.0. The van der Waals surface area contributed by atoms with Crippen molar-refractivity contribution in [3.8, 4) is 5.75 Å². The number of carboxylic acid groups (broad SMARTS) is 1. The van der Waals surface area contributed by atoms with Crippen LogP contribution in [0.25, 0.3) is 0 Å². The van der Waals surface area contributed by atoms with Gasteiger partial charge in [-0.1, -0.05) is 17.7 Å². The van der Waals surface area contributed by atoms with Gasteiger partial charge in [-0.05, 0) is 24.1 Å². The largest absolute Gasteiger partial charge is 0.506 e. The summed E-state index contributed by atoms with van der Waals surface area (Å²) in [6.07, 6.45) is 0.552. The van der Waals surface area contributed by atoms with E-state index in [9.17, 15) is 9.90 Å². The fourth-order valence-corrected chi connectivity index (χ4v) is 2.11. The summed E-state index contributed by atoms with van der Waals surface area (Å²) in [4.78, 5) is 10.8. The molecule has 2 atom stereocenters. The Morgan fingerprint density at radius 3 is 2.81 bits per heavy atom. The van der Waals surface area contributed by atoms with Gasteiger partial charge in [-0.25, -0.2) is 0 Å². The minimum absolute atomic E-state index is 0.000741. The van der Waals surface area contributed by atoms with Gasteiger partial charge in [0.05, 0.1) is 10.9 Å². The van der Waals surface area contributed by atoms with Gasteiger partial charge in [0.25, 0.3) is 0 Å². The number of phenolic OH excluding ortho intramolecular Hbond substituents is 1. The van der Waals surface area contributed by atoms with Gasteiger partial charge in [0.15, 0.2) is 0 Å². The van der Waals surface area contributed by atoms with Gasteiger partial charge in [-0.2, -0.15) is 0 Å². The van der Waals surface area contributed by atoms with Gasteiger partial charge in [0.2, 0.25) is 0 Å². The Morgan fingerprint density at radius 2 is 2.25 bits per heavy atom. The quantitative estimate of drug-likeness (QED) is 0.738. The highest BCUT2D eigenvalue weighted by molar-refractivity contribution is 6.32. The van der Waals surface area contributed by atoms with Gasteiger partial charge < -0.3 is 15.5 Å². The summed E-state index contributed by atoms with van der Waals surface area (Å²) in [7, 11) is 0. The Bertz CT molecular complexity index is 422. The van der Waals surface area contributed by atoms with Crippen LogP contribution in [-0.2, 0) is 4.79 Å². The van der Waals surface area contributed by atoms with Crippen molar-refractivity contribution in [2.75, 3.05) is 6.54 Å². The second kappa shape index (κ2) is 4.31. The topological polar surface area (TPSA) is 69.6 Å². The highest BCUT2D eigenvalue weighted by atomic mass is 35.5. The molecule has 4 nitrogen and oxygen atoms in total. The molecule has 1 aromatic carbocycles. The second-order valence-electron chi connectivity index (χ2n) is 3.94. The van der Waals surface area contributed by atoms with E-state index in [1.165, 1.54) is 6.07 Å². The number of hydrogen-bond donors (Lipinski definition) is 3. The molecule has 1 aliphatic rings. The number of halogens is 1. The van der Waals surface area contributed by atoms with Crippen LogP contribution in [0.4, 0.5) is 0 Å². The van der Waals surface area contributed by atoms with Crippen molar-refractivity contribution < 1.29 is 15.0 Å². The van der Waals surface area contributed by atoms with E-state index < -0.39 is 5.97 Å². The number of hydrogen-bond acceptors (Lipinski definition) is 3. The predicted molar refractivity (Wildman–Crippen MR) is 59.6 cm³/mol. The van der Waals surface area contributed by atoms with Crippen molar-refractivity contribution in [1.29, 1.82) is 0 Å². The minimum Gasteiger partial charge on any atom is -0.506 e. The number of rotatable bonds is 2. The lowest BCUT2D eigenvalue weighted by molar-refractivity contribution is -0.141. The SMILES string of the molecule is O=C(O)C1CNC(c2ccc(O)c(Cl)c2)C1. The number of carboxylic acids is 1. The third-order valence-electron chi connectivity index (χ3n) is 2.85. The molecule has 0 spiro atoms. The molecule has 1 saturated heterocycles. The molecule has 1 fully saturated rings. The zero-order valence-corrected chi connectivity index (χ0v) is 9.24. The van der Waals surface area contributed by atoms with Crippen molar-refractivity contribution in [2.45, 2.75) is 12.5 Å². The molecule has 0 saturated carbocycles. The Morgan fingerprint density at radius 1 is 1.50 bits per heavy atom. The summed E-state index contributed by atoms with van der Waals surface area (Å²) in [5, 5.41) is 21.6. The fourth-order valence-electron chi connectivity index (χ4n) is 1.92. The summed E-state index contributed by atoms with van der Waals surface area (Å²) < 4.78 is 0. The highest BCUT2D eigenvalue weighted by Gasteiger charge is 2.30. The first-order valence-corrected chi connectivity index (χ1v) is 5.40. The molecule has 1 heterocycles. The number of nitrogens with one attached hydrogen (secondary N) is 1. The highest BCUT2D eigenvalue weighted by Crippen LogP contribution is 2.31. The molecule has 86 valence electrons. The molecule has 1 aliphatic heterocycles. The third kappa shape index (κ3) is 2.13. The van der Waals surface area contributed by atoms with Crippen molar-refractivity contribution in [3.63, 3.8) is 0 Å². The van der Waals surface area contributed by atoms with Crippen LogP contribution in [-0.4, -0.2) is 22.7 Å². The van der Waals surface area contributed by atoms with Gasteiger partial charge in [-0.15, -0.1) is 0 Å². The molecule has 2 rings (SSSR count). The lowest BCUT2D eigenvalue weighted by Crippen LogP contribution is -2.17. The maximum atomic E-state index is 10.8. The first-order valence-electron chi connectivity index (χ1n) is 5.02. The average molecular weight is 242 g/mol. The Kier molecular flexibility index (Phi) is 3.03. The minimum atomic E-state index is -0.778. The molecule has 2 unspecified atom stereocenters. The van der Waals surface area contributed by atoms with E-state index in [-0.39, 0.29) is 22.7 Å². The van der Waals surface area contributed by atoms with Gasteiger partial charge >= 0.3 is 5.97 Å². The number of carbonyl (C=O) groups is 1. The maximum Gasteiger partial charge on any atom is 0.307 e. The van der Waals surface area contributed by atoms with E-state index in [4.69, 9.17) is 16.7 Å². The molecule has 16 heavy (non-hydrogen) atoms. The molecule has 0 bridgehead atoms. The van der Waals surface area contributed by atoms with Crippen LogP contribution >= 0.6 is 11.6 Å². The smallest absolute Gasteiger partial charge is 0.307 e. The Balaban J connectivity index is 2.14. The van der Waals surface area contributed by atoms with E-state index in [0.717, 1.165) is 5.56 Å². The molecule has 0 aliphatic carbocycles. The lowest BCUT2D eigenvalue weighted by Gasteiger charge is -2.11. The van der Waals surface area contributed by atoms with Crippen LogP contribution in [0.15, 0.2) is 18.2 Å². The molecule has 0 radical (unpaired) electrons. The van der Waals surface area contributed by atoms with Gasteiger partial charge in [-0.3, -0.25) is 4.79 Å². The van der Waals surface area contributed by atoms with Crippen LogP contribution in [0.1, 0.15) is 18.0 Å². The Labute approximate surface area is 97.9 Å². The number of aromatic hydroxyl groups is 1. The number of benzene rings is 1. The van der Waals surface area contributed by atoms with E-state index >= 15 is 0 Å². The van der Waals surface area contributed by atoms with Crippen molar-refractivity contribution in [3.05, 3.63) is 28.8 Å². The monoisotopic (exact) mass is 241 g/mol. The van der Waals surface area contributed by atoms with Crippen LogP contribution in [0.2, 0.25) is 5.02 Å². The summed E-state index contributed by atoms with van der Waals surface area (Å²) in [5.41, 5.74) is 0.909. The maximum absolute atomic E-state index is 10.8. The molecular weight excluding hydrogens is 230 g/mol. The first-order chi connectivity index (χ1) is 7.58. The van der Waals surface area contributed by atoms with Crippen LogP contribution in [0.3, 0.4) is 0 Å². The van der Waals surface area contributed by atoms with E-state index in [2.05, 4.69) is 5.32 Å². The molecule has 1 aromatic rings. The summed E-state index contributed by atoms with van der Waals surface area (Å²) in [6.45, 7) is 0.471. The van der Waals surface area contributed by atoms with Crippen molar-refractivity contribution in [2.24, 2.45) is 5.92 Å². The molecule has 0 aromatic heterocycles. The molecule has 3 N–H and O–H groups in total. The predicted octanol–water partition coefficient (Wildman–Crippen LogP) is 1.78. The van der Waals surface area contributed by atoms with E-state index in [0.29, 0.717) is 13.0 Å². The molecule has 5 heteroatoms. The summed E-state index contributed by atoms with van der Waals surface area (Å²) in [5.74, 6) is -1.09. The molecular formula is C11H12ClNO3. The fraction of sp³-hybridized carbons (Fsp3) is 0.364. The standard InChI is InChI=1S/C11H12ClNO3/c12-8-3-6(1-2-10(8)14)9-4-7(5-13-9)11(15)16/h1-3,7,9,13-14H,4-5H2,(H,15,16). The number of aliphatic carboxylic acids is 1.